The first kappa shape index (κ1) is 24.0. The molecule has 32 heavy (non-hydrogen) atoms. The van der Waals surface area contributed by atoms with Crippen LogP contribution >= 0.6 is 0 Å². The van der Waals surface area contributed by atoms with Crippen molar-refractivity contribution in [2.24, 2.45) is 11.8 Å². The average molecular weight is 451 g/mol. The zero-order valence-corrected chi connectivity index (χ0v) is 19.2. The highest BCUT2D eigenvalue weighted by Gasteiger charge is 2.55. The fourth-order valence-corrected chi connectivity index (χ4v) is 4.91. The summed E-state index contributed by atoms with van der Waals surface area (Å²) >= 11 is 0. The van der Waals surface area contributed by atoms with E-state index in [0.717, 1.165) is 24.2 Å². The van der Waals surface area contributed by atoms with Crippen molar-refractivity contribution in [3.8, 4) is 0 Å². The van der Waals surface area contributed by atoms with Gasteiger partial charge < -0.3 is 19.9 Å². The van der Waals surface area contributed by atoms with E-state index in [1.807, 2.05) is 6.92 Å². The Kier molecular flexibility index (Phi) is 7.40. The largest absolute Gasteiger partial charge is 0.466 e. The van der Waals surface area contributed by atoms with E-state index in [1.165, 1.54) is 11.9 Å². The molecule has 3 rings (SSSR count). The Labute approximate surface area is 188 Å². The van der Waals surface area contributed by atoms with Crippen LogP contribution in [0.1, 0.15) is 52.4 Å². The lowest BCUT2D eigenvalue weighted by Gasteiger charge is -2.36. The van der Waals surface area contributed by atoms with Crippen LogP contribution in [-0.4, -0.2) is 89.8 Å². The van der Waals surface area contributed by atoms with Crippen molar-refractivity contribution in [1.29, 1.82) is 0 Å². The molecule has 1 aliphatic carbocycles. The maximum atomic E-state index is 13.0. The maximum absolute atomic E-state index is 13.0. The van der Waals surface area contributed by atoms with Gasteiger partial charge in [0, 0.05) is 20.1 Å². The summed E-state index contributed by atoms with van der Waals surface area (Å²) in [4.78, 5) is 66.5. The van der Waals surface area contributed by atoms with Gasteiger partial charge in [0.15, 0.2) is 0 Å². The molecule has 2 saturated heterocycles. The fourth-order valence-electron chi connectivity index (χ4n) is 4.91. The third-order valence-corrected chi connectivity index (χ3v) is 7.06. The standard InChI is InChI=1S/C22H34N4O6/c1-4-32-19(29)16-8-11-25(12-9-16)18(28)13-24(3)17(27)14-26-20(30)22(23-21(26)31)10-6-5-7-15(22)2/h15-16H,4-14H2,1-3H3,(H,23,31). The number of imide groups is 1. The number of hydrogen-bond acceptors (Lipinski definition) is 6. The van der Waals surface area contributed by atoms with Gasteiger partial charge in [0.25, 0.3) is 5.91 Å². The lowest BCUT2D eigenvalue weighted by Crippen LogP contribution is -2.54. The van der Waals surface area contributed by atoms with Gasteiger partial charge in [-0.3, -0.25) is 24.1 Å². The van der Waals surface area contributed by atoms with E-state index in [4.69, 9.17) is 4.74 Å². The van der Waals surface area contributed by atoms with Gasteiger partial charge in [0.2, 0.25) is 11.8 Å². The van der Waals surface area contributed by atoms with Crippen LogP contribution in [0, 0.1) is 11.8 Å². The van der Waals surface area contributed by atoms with Crippen LogP contribution in [0.15, 0.2) is 0 Å². The molecule has 178 valence electrons. The number of urea groups is 1. The Morgan fingerprint density at radius 2 is 1.84 bits per heavy atom. The van der Waals surface area contributed by atoms with Crippen LogP contribution in [0.2, 0.25) is 0 Å². The van der Waals surface area contributed by atoms with E-state index in [9.17, 15) is 24.0 Å². The Hall–Kier alpha value is -2.65. The quantitative estimate of drug-likeness (QED) is 0.471. The molecule has 0 bridgehead atoms. The zero-order chi connectivity index (χ0) is 23.5. The van der Waals surface area contributed by atoms with Gasteiger partial charge in [-0.15, -0.1) is 0 Å². The Morgan fingerprint density at radius 1 is 1.16 bits per heavy atom. The number of carbonyl (C=O) groups is 5. The normalized spacial score (nSPS) is 26.3. The predicted octanol–water partition coefficient (Wildman–Crippen LogP) is 0.747. The summed E-state index contributed by atoms with van der Waals surface area (Å²) in [7, 11) is 1.49. The van der Waals surface area contributed by atoms with Crippen molar-refractivity contribution in [1.82, 2.24) is 20.0 Å². The molecular weight excluding hydrogens is 416 g/mol. The number of ether oxygens (including phenoxy) is 1. The zero-order valence-electron chi connectivity index (χ0n) is 19.2. The molecule has 1 N–H and O–H groups in total. The van der Waals surface area contributed by atoms with Crippen LogP contribution in [0.3, 0.4) is 0 Å². The van der Waals surface area contributed by atoms with Crippen LogP contribution in [0.5, 0.6) is 0 Å². The predicted molar refractivity (Wildman–Crippen MR) is 114 cm³/mol. The molecule has 1 saturated carbocycles. The smallest absolute Gasteiger partial charge is 0.325 e. The third-order valence-electron chi connectivity index (χ3n) is 7.06. The second-order valence-electron chi connectivity index (χ2n) is 9.10. The van der Waals surface area contributed by atoms with Crippen LogP contribution < -0.4 is 5.32 Å². The minimum absolute atomic E-state index is 0.0182. The van der Waals surface area contributed by atoms with Crippen molar-refractivity contribution in [2.75, 3.05) is 39.8 Å². The minimum Gasteiger partial charge on any atom is -0.466 e. The van der Waals surface area contributed by atoms with E-state index >= 15 is 0 Å². The molecule has 5 amide bonds. The number of amides is 5. The number of piperidine rings is 1. The van der Waals surface area contributed by atoms with Crippen molar-refractivity contribution >= 4 is 29.7 Å². The molecule has 2 aliphatic heterocycles. The van der Waals surface area contributed by atoms with Crippen LogP contribution in [0.25, 0.3) is 0 Å². The molecular formula is C22H34N4O6. The summed E-state index contributed by atoms with van der Waals surface area (Å²) in [6, 6.07) is -0.544. The van der Waals surface area contributed by atoms with Crippen LogP contribution in [-0.2, 0) is 23.9 Å². The van der Waals surface area contributed by atoms with Crippen molar-refractivity contribution in [3.05, 3.63) is 0 Å². The number of nitrogens with one attached hydrogen (secondary N) is 1. The summed E-state index contributed by atoms with van der Waals surface area (Å²) in [5, 5.41) is 2.83. The first-order valence-corrected chi connectivity index (χ1v) is 11.5. The van der Waals surface area contributed by atoms with Gasteiger partial charge in [-0.25, -0.2) is 4.79 Å². The lowest BCUT2D eigenvalue weighted by molar-refractivity contribution is -0.151. The minimum atomic E-state index is -0.909. The first-order chi connectivity index (χ1) is 15.2. The van der Waals surface area contributed by atoms with Gasteiger partial charge in [0.05, 0.1) is 19.1 Å². The number of esters is 1. The SMILES string of the molecule is CCOC(=O)C1CCN(C(=O)CN(C)C(=O)CN2C(=O)NC3(CCCCC3C)C2=O)CC1. The molecule has 2 heterocycles. The topological polar surface area (TPSA) is 116 Å². The summed E-state index contributed by atoms with van der Waals surface area (Å²) in [6.45, 7) is 4.39. The third kappa shape index (κ3) is 4.73. The Morgan fingerprint density at radius 3 is 2.47 bits per heavy atom. The molecule has 0 aromatic heterocycles. The molecule has 3 aliphatic rings. The number of likely N-dealkylation sites (tertiary alicyclic amines) is 1. The second kappa shape index (κ2) is 9.87. The highest BCUT2D eigenvalue weighted by atomic mass is 16.5. The molecule has 10 nitrogen and oxygen atoms in total. The Balaban J connectivity index is 1.51. The highest BCUT2D eigenvalue weighted by Crippen LogP contribution is 2.38. The Bertz CT molecular complexity index is 778. The number of carbonyl (C=O) groups excluding carboxylic acids is 5. The van der Waals surface area contributed by atoms with E-state index in [0.29, 0.717) is 39.0 Å². The van der Waals surface area contributed by atoms with Crippen molar-refractivity contribution in [2.45, 2.75) is 57.9 Å². The van der Waals surface area contributed by atoms with Gasteiger partial charge >= 0.3 is 12.0 Å². The second-order valence-corrected chi connectivity index (χ2v) is 9.10. The monoisotopic (exact) mass is 450 g/mol. The molecule has 0 aromatic carbocycles. The maximum Gasteiger partial charge on any atom is 0.325 e. The van der Waals surface area contributed by atoms with Gasteiger partial charge in [-0.05, 0) is 38.5 Å². The van der Waals surface area contributed by atoms with E-state index in [-0.39, 0.29) is 42.7 Å². The molecule has 0 aromatic rings. The summed E-state index contributed by atoms with van der Waals surface area (Å²) in [6.07, 6.45) is 4.39. The molecule has 10 heteroatoms. The van der Waals surface area contributed by atoms with E-state index < -0.39 is 17.5 Å². The number of hydrogen-bond donors (Lipinski definition) is 1. The summed E-state index contributed by atoms with van der Waals surface area (Å²) < 4.78 is 5.04. The van der Waals surface area contributed by atoms with Crippen LogP contribution in [0.4, 0.5) is 4.79 Å². The van der Waals surface area contributed by atoms with E-state index in [1.54, 1.807) is 11.8 Å². The first-order valence-electron chi connectivity index (χ1n) is 11.5. The molecule has 2 atom stereocenters. The molecule has 2 unspecified atom stereocenters. The molecule has 0 radical (unpaired) electrons. The number of rotatable bonds is 6. The molecule has 3 fully saturated rings. The van der Waals surface area contributed by atoms with Gasteiger partial charge in [0.1, 0.15) is 12.1 Å². The van der Waals surface area contributed by atoms with Crippen molar-refractivity contribution in [3.63, 3.8) is 0 Å². The van der Waals surface area contributed by atoms with E-state index in [2.05, 4.69) is 5.32 Å². The summed E-state index contributed by atoms with van der Waals surface area (Å²) in [5.74, 6) is -1.45. The fraction of sp³-hybridized carbons (Fsp3) is 0.773. The van der Waals surface area contributed by atoms with Gasteiger partial charge in [-0.2, -0.15) is 0 Å². The lowest BCUT2D eigenvalue weighted by atomic mass is 9.73. The van der Waals surface area contributed by atoms with Gasteiger partial charge in [-0.1, -0.05) is 19.8 Å². The summed E-state index contributed by atoms with van der Waals surface area (Å²) in [5.41, 5.74) is -0.909. The number of likely N-dealkylation sites (N-methyl/N-ethyl adjacent to an activating group) is 1. The highest BCUT2D eigenvalue weighted by molar-refractivity contribution is 6.09. The number of nitrogens with zero attached hydrogens (tertiary/aromatic N) is 3. The van der Waals surface area contributed by atoms with Crippen molar-refractivity contribution < 1.29 is 28.7 Å². The molecule has 1 spiro atoms. The average Bonchev–Trinajstić information content (AvgIpc) is 3.00.